The summed E-state index contributed by atoms with van der Waals surface area (Å²) in [6.07, 6.45) is 0.372. The fourth-order valence-electron chi connectivity index (χ4n) is 1.77. The molecule has 6 nitrogen and oxygen atoms in total. The number of rotatable bonds is 2. The lowest BCUT2D eigenvalue weighted by atomic mass is 10.2. The Labute approximate surface area is 90.7 Å². The van der Waals surface area contributed by atoms with E-state index in [0.29, 0.717) is 6.42 Å². The van der Waals surface area contributed by atoms with E-state index in [1.807, 2.05) is 12.1 Å². The van der Waals surface area contributed by atoms with E-state index in [-0.39, 0.29) is 11.9 Å². The van der Waals surface area contributed by atoms with E-state index >= 15 is 0 Å². The second-order valence-electron chi connectivity index (χ2n) is 3.63. The van der Waals surface area contributed by atoms with Crippen molar-refractivity contribution in [3.63, 3.8) is 0 Å². The molecule has 1 aliphatic rings. The Hall–Kier alpha value is -2.24. The van der Waals surface area contributed by atoms with Crippen molar-refractivity contribution in [2.45, 2.75) is 12.6 Å². The molecule has 0 fully saturated rings. The van der Waals surface area contributed by atoms with Gasteiger partial charge in [0.2, 0.25) is 0 Å². The zero-order chi connectivity index (χ0) is 11.0. The van der Waals surface area contributed by atoms with Gasteiger partial charge in [0.25, 0.3) is 0 Å². The number of phenols is 1. The van der Waals surface area contributed by atoms with E-state index in [1.165, 1.54) is 0 Å². The number of benzene rings is 1. The van der Waals surface area contributed by atoms with Crippen molar-refractivity contribution in [2.75, 3.05) is 0 Å². The summed E-state index contributed by atoms with van der Waals surface area (Å²) >= 11 is 0. The number of phenolic OH excluding ortho intramolecular Hbond substituents is 1. The number of hydrogen-bond donors (Lipinski definition) is 2. The Morgan fingerprint density at radius 2 is 2.06 bits per heavy atom. The molecule has 2 N–H and O–H groups in total. The molecular formula is C10H9N5O. The predicted molar refractivity (Wildman–Crippen MR) is 57.2 cm³/mol. The van der Waals surface area contributed by atoms with Gasteiger partial charge in [0.1, 0.15) is 5.75 Å². The quantitative estimate of drug-likeness (QED) is 0.792. The molecule has 0 amide bonds. The molecule has 6 heteroatoms. The van der Waals surface area contributed by atoms with Gasteiger partial charge in [-0.15, -0.1) is 10.2 Å². The standard InChI is InChI=1S/C10H9N5O/c16-9-3-1-2-8-7(9)4-6(11-8)5-10-12-14-15-13-10/h1-4,10-11,16H,5H2. The average molecular weight is 215 g/mol. The van der Waals surface area contributed by atoms with E-state index in [1.54, 1.807) is 12.1 Å². The van der Waals surface area contributed by atoms with Crippen molar-refractivity contribution >= 4 is 10.9 Å². The number of hydrogen-bond acceptors (Lipinski definition) is 5. The molecule has 0 unspecified atom stereocenters. The highest BCUT2D eigenvalue weighted by atomic mass is 16.3. The van der Waals surface area contributed by atoms with Crippen LogP contribution in [-0.2, 0) is 6.42 Å². The monoisotopic (exact) mass is 215 g/mol. The van der Waals surface area contributed by atoms with Gasteiger partial charge in [-0.25, -0.2) is 0 Å². The third kappa shape index (κ3) is 1.44. The number of fused-ring (bicyclic) bond motifs is 1. The largest absolute Gasteiger partial charge is 0.507 e. The van der Waals surface area contributed by atoms with Crippen LogP contribution in [0, 0.1) is 0 Å². The van der Waals surface area contributed by atoms with Crippen molar-refractivity contribution in [2.24, 2.45) is 20.7 Å². The van der Waals surface area contributed by atoms with Crippen molar-refractivity contribution < 1.29 is 5.11 Å². The zero-order valence-electron chi connectivity index (χ0n) is 8.33. The van der Waals surface area contributed by atoms with Crippen molar-refractivity contribution in [3.05, 3.63) is 30.0 Å². The normalized spacial score (nSPS) is 15.2. The Morgan fingerprint density at radius 1 is 1.25 bits per heavy atom. The second kappa shape index (κ2) is 3.41. The van der Waals surface area contributed by atoms with Crippen molar-refractivity contribution in [1.29, 1.82) is 0 Å². The third-order valence-electron chi connectivity index (χ3n) is 2.51. The molecule has 16 heavy (non-hydrogen) atoms. The summed E-state index contributed by atoms with van der Waals surface area (Å²) in [7, 11) is 0. The van der Waals surface area contributed by atoms with Crippen LogP contribution >= 0.6 is 0 Å². The molecule has 0 bridgehead atoms. The maximum atomic E-state index is 9.64. The summed E-state index contributed by atoms with van der Waals surface area (Å²) in [5.74, 6) is 0.273. The summed E-state index contributed by atoms with van der Waals surface area (Å²) in [5, 5.41) is 25.0. The molecule has 2 heterocycles. The van der Waals surface area contributed by atoms with Crippen LogP contribution in [0.1, 0.15) is 5.69 Å². The van der Waals surface area contributed by atoms with E-state index in [2.05, 4.69) is 25.7 Å². The van der Waals surface area contributed by atoms with Crippen LogP contribution in [0.5, 0.6) is 5.75 Å². The minimum absolute atomic E-state index is 0.241. The summed E-state index contributed by atoms with van der Waals surface area (Å²) in [6.45, 7) is 0. The molecule has 0 saturated carbocycles. The first-order chi connectivity index (χ1) is 7.83. The average Bonchev–Trinajstić information content (AvgIpc) is 2.88. The van der Waals surface area contributed by atoms with Crippen LogP contribution < -0.4 is 0 Å². The second-order valence-corrected chi connectivity index (χ2v) is 3.63. The first-order valence-electron chi connectivity index (χ1n) is 4.92. The van der Waals surface area contributed by atoms with E-state index in [9.17, 15) is 5.11 Å². The molecule has 0 atom stereocenters. The summed E-state index contributed by atoms with van der Waals surface area (Å²) < 4.78 is 0. The fraction of sp³-hybridized carbons (Fsp3) is 0.200. The molecule has 0 spiro atoms. The Bertz CT molecular complexity index is 574. The van der Waals surface area contributed by atoms with Gasteiger partial charge in [-0.1, -0.05) is 6.07 Å². The van der Waals surface area contributed by atoms with E-state index in [0.717, 1.165) is 16.6 Å². The highest BCUT2D eigenvalue weighted by Crippen LogP contribution is 2.26. The van der Waals surface area contributed by atoms with Crippen LogP contribution in [0.3, 0.4) is 0 Å². The first kappa shape index (κ1) is 9.02. The van der Waals surface area contributed by atoms with Gasteiger partial charge in [0.05, 0.1) is 0 Å². The van der Waals surface area contributed by atoms with Gasteiger partial charge in [0.15, 0.2) is 6.17 Å². The summed E-state index contributed by atoms with van der Waals surface area (Å²) in [4.78, 5) is 3.20. The molecule has 1 aliphatic heterocycles. The first-order valence-corrected chi connectivity index (χ1v) is 4.92. The fourth-order valence-corrected chi connectivity index (χ4v) is 1.77. The lowest BCUT2D eigenvalue weighted by Crippen LogP contribution is -2.01. The SMILES string of the molecule is Oc1cccc2[nH]c(CC3N=NN=N3)cc12. The number of nitrogens with one attached hydrogen (secondary N) is 1. The number of aromatic amines is 1. The Kier molecular flexibility index (Phi) is 1.92. The van der Waals surface area contributed by atoms with Crippen molar-refractivity contribution in [1.82, 2.24) is 4.98 Å². The van der Waals surface area contributed by atoms with E-state index < -0.39 is 0 Å². The minimum atomic E-state index is -0.241. The lowest BCUT2D eigenvalue weighted by Gasteiger charge is -1.96. The number of aromatic hydroxyl groups is 1. The maximum Gasteiger partial charge on any atom is 0.190 e. The topological polar surface area (TPSA) is 85.5 Å². The van der Waals surface area contributed by atoms with Crippen LogP contribution in [-0.4, -0.2) is 16.3 Å². The molecule has 0 saturated heterocycles. The number of nitrogens with zero attached hydrogens (tertiary/aromatic N) is 4. The molecule has 80 valence electrons. The van der Waals surface area contributed by atoms with Gasteiger partial charge in [-0.2, -0.15) is 0 Å². The van der Waals surface area contributed by atoms with Crippen LogP contribution in [0.25, 0.3) is 10.9 Å². The number of aromatic nitrogens is 1. The maximum absolute atomic E-state index is 9.64. The minimum Gasteiger partial charge on any atom is -0.507 e. The third-order valence-corrected chi connectivity index (χ3v) is 2.51. The Balaban J connectivity index is 1.96. The predicted octanol–water partition coefficient (Wildman–Crippen LogP) is 2.58. The van der Waals surface area contributed by atoms with Gasteiger partial charge < -0.3 is 10.1 Å². The van der Waals surface area contributed by atoms with Gasteiger partial charge in [-0.3, -0.25) is 0 Å². The van der Waals surface area contributed by atoms with Crippen molar-refractivity contribution in [3.8, 4) is 5.75 Å². The molecule has 0 radical (unpaired) electrons. The zero-order valence-corrected chi connectivity index (χ0v) is 8.33. The molecule has 3 rings (SSSR count). The molecular weight excluding hydrogens is 206 g/mol. The summed E-state index contributed by atoms with van der Waals surface area (Å²) in [6, 6.07) is 7.27. The highest BCUT2D eigenvalue weighted by molar-refractivity contribution is 5.86. The van der Waals surface area contributed by atoms with Gasteiger partial charge >= 0.3 is 0 Å². The Morgan fingerprint density at radius 3 is 2.81 bits per heavy atom. The number of H-pyrrole nitrogens is 1. The van der Waals surface area contributed by atoms with Crippen LogP contribution in [0.2, 0.25) is 0 Å². The highest BCUT2D eigenvalue weighted by Gasteiger charge is 2.13. The molecule has 0 aliphatic carbocycles. The molecule has 1 aromatic carbocycles. The summed E-state index contributed by atoms with van der Waals surface area (Å²) in [5.41, 5.74) is 1.86. The smallest absolute Gasteiger partial charge is 0.190 e. The van der Waals surface area contributed by atoms with Gasteiger partial charge in [0, 0.05) is 23.0 Å². The van der Waals surface area contributed by atoms with Crippen LogP contribution in [0.15, 0.2) is 44.9 Å². The van der Waals surface area contributed by atoms with E-state index in [4.69, 9.17) is 0 Å². The van der Waals surface area contributed by atoms with Crippen LogP contribution in [0.4, 0.5) is 0 Å². The molecule has 2 aromatic rings. The lowest BCUT2D eigenvalue weighted by molar-refractivity contribution is 0.481. The molecule has 1 aromatic heterocycles. The van der Waals surface area contributed by atoms with Gasteiger partial charge in [-0.05, 0) is 28.6 Å².